The smallest absolute Gasteiger partial charge is 0.313 e. The van der Waals surface area contributed by atoms with Gasteiger partial charge in [0.05, 0.1) is 37.2 Å². The van der Waals surface area contributed by atoms with E-state index in [4.69, 9.17) is 14.2 Å². The van der Waals surface area contributed by atoms with E-state index in [-0.39, 0.29) is 44.5 Å². The molecule has 2 N–H and O–H groups in total. The number of fused-ring (bicyclic) bond motifs is 1. The van der Waals surface area contributed by atoms with Gasteiger partial charge >= 0.3 is 5.97 Å². The summed E-state index contributed by atoms with van der Waals surface area (Å²) in [6, 6.07) is 13.1. The van der Waals surface area contributed by atoms with Gasteiger partial charge in [-0.1, -0.05) is 54.6 Å². The fourth-order valence-electron chi connectivity index (χ4n) is 7.77. The van der Waals surface area contributed by atoms with Crippen molar-refractivity contribution in [3.8, 4) is 0 Å². The molecule has 0 aliphatic carbocycles. The number of ether oxygens (including phenoxy) is 3. The van der Waals surface area contributed by atoms with Crippen molar-refractivity contribution in [2.45, 2.75) is 69.4 Å². The number of hydrogen-bond acceptors (Lipinski definition) is 8. The molecule has 2 bridgehead atoms. The van der Waals surface area contributed by atoms with Crippen molar-refractivity contribution < 1.29 is 38.5 Å². The van der Waals surface area contributed by atoms with Crippen LogP contribution in [0.3, 0.4) is 0 Å². The van der Waals surface area contributed by atoms with Crippen molar-refractivity contribution in [1.82, 2.24) is 10.2 Å². The number of aryl methyl sites for hydroxylation is 2. The Balaban J connectivity index is 1.49. The van der Waals surface area contributed by atoms with Gasteiger partial charge in [-0.05, 0) is 55.9 Å². The number of benzene rings is 2. The molecule has 0 radical (unpaired) electrons. The zero-order valence-corrected chi connectivity index (χ0v) is 28.5. The van der Waals surface area contributed by atoms with Gasteiger partial charge in [0.25, 0.3) is 5.91 Å². The zero-order valence-electron chi connectivity index (χ0n) is 28.5. The third-order valence-corrected chi connectivity index (χ3v) is 9.89. The number of hydrogen-bond donors (Lipinski definition) is 2. The average Bonchev–Trinajstić information content (AvgIpc) is 3.74. The highest BCUT2D eigenvalue weighted by Crippen LogP contribution is 2.59. The number of methoxy groups -OCH3 is 1. The van der Waals surface area contributed by atoms with Crippen LogP contribution in [0, 0.1) is 25.7 Å². The van der Waals surface area contributed by atoms with E-state index in [9.17, 15) is 24.3 Å². The molecule has 3 aliphatic heterocycles. The highest BCUT2D eigenvalue weighted by atomic mass is 16.6. The second-order valence-corrected chi connectivity index (χ2v) is 13.1. The lowest BCUT2D eigenvalue weighted by Crippen LogP contribution is -2.57. The minimum Gasteiger partial charge on any atom is -0.455 e. The first-order chi connectivity index (χ1) is 23.6. The van der Waals surface area contributed by atoms with E-state index in [0.29, 0.717) is 30.5 Å². The van der Waals surface area contributed by atoms with Gasteiger partial charge in [-0.3, -0.25) is 19.2 Å². The SMILES string of the molecule is C=CCCC(=O)N[C@H](COC)[C@H](OC(=O)[C@@H]1[C@H]2C(=O)N(CCO)[C@H](C(=O)N(CC=C)c3cc(C)ccc3C)[C@]23CC[C@H]1O3)c1ccccc1. The van der Waals surface area contributed by atoms with Crippen LogP contribution in [0.25, 0.3) is 0 Å². The van der Waals surface area contributed by atoms with Crippen molar-refractivity contribution in [2.75, 3.05) is 38.3 Å². The highest BCUT2D eigenvalue weighted by Gasteiger charge is 2.75. The summed E-state index contributed by atoms with van der Waals surface area (Å²) in [5, 5.41) is 13.0. The van der Waals surface area contributed by atoms with Crippen LogP contribution < -0.4 is 10.2 Å². The molecule has 1 spiro atoms. The summed E-state index contributed by atoms with van der Waals surface area (Å²) >= 11 is 0. The molecule has 2 aromatic rings. The summed E-state index contributed by atoms with van der Waals surface area (Å²) < 4.78 is 18.3. The normalized spacial score (nSPS) is 25.0. The van der Waals surface area contributed by atoms with Crippen molar-refractivity contribution in [3.05, 3.63) is 90.5 Å². The third-order valence-electron chi connectivity index (χ3n) is 9.89. The second-order valence-electron chi connectivity index (χ2n) is 13.1. The molecule has 3 amide bonds. The molecule has 3 heterocycles. The molecule has 11 nitrogen and oxygen atoms in total. The van der Waals surface area contributed by atoms with Gasteiger partial charge in [-0.15, -0.1) is 13.2 Å². The number of nitrogens with one attached hydrogen (secondary N) is 1. The van der Waals surface area contributed by atoms with Gasteiger partial charge in [0, 0.05) is 32.3 Å². The summed E-state index contributed by atoms with van der Waals surface area (Å²) in [4.78, 5) is 59.1. The van der Waals surface area contributed by atoms with Crippen LogP contribution in [0.15, 0.2) is 73.8 Å². The number of rotatable bonds is 16. The molecule has 5 rings (SSSR count). The second kappa shape index (κ2) is 15.5. The summed E-state index contributed by atoms with van der Waals surface area (Å²) in [5.41, 5.74) is 1.88. The zero-order chi connectivity index (χ0) is 35.3. The Labute approximate surface area is 287 Å². The Morgan fingerprint density at radius 3 is 2.59 bits per heavy atom. The molecule has 3 saturated heterocycles. The molecular formula is C38H47N3O8. The van der Waals surface area contributed by atoms with Crippen LogP contribution in [-0.2, 0) is 33.4 Å². The molecule has 49 heavy (non-hydrogen) atoms. The Hall–Kier alpha value is -4.32. The predicted molar refractivity (Wildman–Crippen MR) is 183 cm³/mol. The number of esters is 1. The molecule has 0 aromatic heterocycles. The topological polar surface area (TPSA) is 135 Å². The van der Waals surface area contributed by atoms with Crippen molar-refractivity contribution >= 4 is 29.4 Å². The predicted octanol–water partition coefficient (Wildman–Crippen LogP) is 3.57. The molecule has 0 unspecified atom stereocenters. The van der Waals surface area contributed by atoms with Gasteiger partial charge in [0.15, 0.2) is 0 Å². The Morgan fingerprint density at radius 1 is 1.16 bits per heavy atom. The molecular weight excluding hydrogens is 626 g/mol. The minimum absolute atomic E-state index is 0.0575. The summed E-state index contributed by atoms with van der Waals surface area (Å²) in [6.07, 6.45) is 3.21. The van der Waals surface area contributed by atoms with Gasteiger partial charge in [0.2, 0.25) is 11.8 Å². The lowest BCUT2D eigenvalue weighted by atomic mass is 9.70. The van der Waals surface area contributed by atoms with E-state index in [1.54, 1.807) is 29.2 Å². The largest absolute Gasteiger partial charge is 0.455 e. The van der Waals surface area contributed by atoms with Crippen LogP contribution >= 0.6 is 0 Å². The van der Waals surface area contributed by atoms with Crippen molar-refractivity contribution in [3.63, 3.8) is 0 Å². The average molecular weight is 674 g/mol. The van der Waals surface area contributed by atoms with Gasteiger partial charge in [-0.2, -0.15) is 0 Å². The lowest BCUT2D eigenvalue weighted by Gasteiger charge is -2.37. The molecule has 11 heteroatoms. The van der Waals surface area contributed by atoms with Gasteiger partial charge < -0.3 is 34.4 Å². The van der Waals surface area contributed by atoms with E-state index >= 15 is 0 Å². The van der Waals surface area contributed by atoms with Crippen molar-refractivity contribution in [2.24, 2.45) is 11.8 Å². The molecule has 3 aliphatic rings. The highest BCUT2D eigenvalue weighted by molar-refractivity contribution is 6.05. The standard InChI is InChI=1S/C38H47N3O8/c1-6-8-14-30(43)39-27(23-47-5)33(26-12-10-9-11-13-26)48-37(46)31-29-17-18-38(49-29)32(31)35(44)41(20-21-42)34(38)36(45)40(19-7-2)28-22-24(3)15-16-25(28)4/h6-7,9-13,15-16,22,27,29,31-34,42H,1-2,8,14,17-21,23H2,3-5H3,(H,39,43)/t27-,29-,31+,32+,33-,34-,38+/m1/s1. The Kier molecular flexibility index (Phi) is 11.4. The summed E-state index contributed by atoms with van der Waals surface area (Å²) in [7, 11) is 1.50. The van der Waals surface area contributed by atoms with Crippen LogP contribution in [-0.4, -0.2) is 90.9 Å². The van der Waals surface area contributed by atoms with Gasteiger partial charge in [0.1, 0.15) is 17.7 Å². The number of aliphatic hydroxyl groups is 1. The number of carbonyl (C=O) groups excluding carboxylic acids is 4. The third kappa shape index (κ3) is 6.92. The Morgan fingerprint density at radius 2 is 1.92 bits per heavy atom. The van der Waals surface area contributed by atoms with Crippen LogP contribution in [0.4, 0.5) is 5.69 Å². The monoisotopic (exact) mass is 673 g/mol. The summed E-state index contributed by atoms with van der Waals surface area (Å²) in [5.74, 6) is -3.70. The Bertz CT molecular complexity index is 1560. The molecule has 262 valence electrons. The van der Waals surface area contributed by atoms with E-state index in [2.05, 4.69) is 18.5 Å². The number of aliphatic hydroxyl groups excluding tert-OH is 1. The first kappa shape index (κ1) is 36.0. The number of allylic oxidation sites excluding steroid dienone is 1. The van der Waals surface area contributed by atoms with Gasteiger partial charge in [-0.25, -0.2) is 0 Å². The maximum Gasteiger partial charge on any atom is 0.313 e. The molecule has 2 aromatic carbocycles. The van der Waals surface area contributed by atoms with E-state index in [0.717, 1.165) is 11.1 Å². The first-order valence-electron chi connectivity index (χ1n) is 16.8. The van der Waals surface area contributed by atoms with E-state index in [1.165, 1.54) is 12.0 Å². The van der Waals surface area contributed by atoms with E-state index in [1.807, 2.05) is 50.2 Å². The minimum atomic E-state index is -1.29. The van der Waals surface area contributed by atoms with Crippen LogP contribution in [0.1, 0.15) is 48.5 Å². The van der Waals surface area contributed by atoms with E-state index < -0.39 is 53.6 Å². The maximum absolute atomic E-state index is 14.7. The van der Waals surface area contributed by atoms with Crippen LogP contribution in [0.5, 0.6) is 0 Å². The van der Waals surface area contributed by atoms with Crippen LogP contribution in [0.2, 0.25) is 0 Å². The number of anilines is 1. The number of nitrogens with zero attached hydrogens (tertiary/aromatic N) is 2. The molecule has 3 fully saturated rings. The fraction of sp³-hybridized carbons (Fsp3) is 0.474. The first-order valence-corrected chi connectivity index (χ1v) is 16.8. The number of carbonyl (C=O) groups is 4. The summed E-state index contributed by atoms with van der Waals surface area (Å²) in [6.45, 7) is 11.2. The lowest BCUT2D eigenvalue weighted by molar-refractivity contribution is -0.163. The quantitative estimate of drug-likeness (QED) is 0.204. The number of β-amino-alcohol motifs (C(OH)–C–C–N with tert-alkyl or cyclic N) is 1. The molecule has 7 atom stereocenters. The number of amides is 3. The maximum atomic E-state index is 14.7. The molecule has 0 saturated carbocycles. The number of likely N-dealkylation sites (tertiary alicyclic amines) is 1. The fourth-order valence-corrected chi connectivity index (χ4v) is 7.77. The van der Waals surface area contributed by atoms with Crippen molar-refractivity contribution in [1.29, 1.82) is 0 Å².